The summed E-state index contributed by atoms with van der Waals surface area (Å²) in [4.78, 5) is 30.1. The van der Waals surface area contributed by atoms with Crippen molar-refractivity contribution >= 4 is 39.9 Å². The molecule has 1 aliphatic carbocycles. The Kier molecular flexibility index (Phi) is 6.10. The Morgan fingerprint density at radius 2 is 2.17 bits per heavy atom. The number of thiophene rings is 1. The minimum Gasteiger partial charge on any atom is -0.497 e. The Balaban J connectivity index is 1.46. The topological polar surface area (TPSA) is 99.2 Å². The van der Waals surface area contributed by atoms with Gasteiger partial charge in [0.05, 0.1) is 24.1 Å². The molecule has 3 aromatic rings. The van der Waals surface area contributed by atoms with Gasteiger partial charge in [0.2, 0.25) is 5.91 Å². The van der Waals surface area contributed by atoms with Gasteiger partial charge < -0.3 is 15.8 Å². The highest BCUT2D eigenvalue weighted by Gasteiger charge is 2.25. The first-order valence-corrected chi connectivity index (χ1v) is 11.4. The number of anilines is 1. The summed E-state index contributed by atoms with van der Waals surface area (Å²) in [6, 6.07) is 7.63. The lowest BCUT2D eigenvalue weighted by Gasteiger charge is -2.11. The van der Waals surface area contributed by atoms with E-state index in [-0.39, 0.29) is 11.7 Å². The summed E-state index contributed by atoms with van der Waals surface area (Å²) in [6.45, 7) is 0. The van der Waals surface area contributed by atoms with Crippen molar-refractivity contribution in [3.05, 3.63) is 52.7 Å². The smallest absolute Gasteiger partial charge is 0.251 e. The van der Waals surface area contributed by atoms with Crippen LogP contribution < -0.4 is 15.8 Å². The third kappa shape index (κ3) is 4.22. The van der Waals surface area contributed by atoms with Crippen molar-refractivity contribution in [2.45, 2.75) is 30.8 Å². The summed E-state index contributed by atoms with van der Waals surface area (Å²) in [5.74, 6) is 0.240. The van der Waals surface area contributed by atoms with E-state index >= 15 is 0 Å². The van der Waals surface area contributed by atoms with Crippen LogP contribution >= 0.6 is 23.1 Å². The fraction of sp³-hybridized carbons (Fsp3) is 0.286. The van der Waals surface area contributed by atoms with Gasteiger partial charge in [0.25, 0.3) is 5.91 Å². The van der Waals surface area contributed by atoms with Crippen LogP contribution in [0.2, 0.25) is 0 Å². The fourth-order valence-corrected chi connectivity index (χ4v) is 5.64. The van der Waals surface area contributed by atoms with E-state index in [4.69, 9.17) is 10.5 Å². The van der Waals surface area contributed by atoms with Crippen molar-refractivity contribution in [3.8, 4) is 11.4 Å². The first kappa shape index (κ1) is 20.5. The zero-order valence-corrected chi connectivity index (χ0v) is 18.1. The number of nitrogens with two attached hydrogens (primary N) is 1. The van der Waals surface area contributed by atoms with Gasteiger partial charge in [0.1, 0.15) is 10.8 Å². The van der Waals surface area contributed by atoms with Gasteiger partial charge in [-0.1, -0.05) is 17.8 Å². The fourth-order valence-electron chi connectivity index (χ4n) is 3.56. The molecule has 2 aromatic heterocycles. The summed E-state index contributed by atoms with van der Waals surface area (Å²) in [7, 11) is 1.62. The van der Waals surface area contributed by atoms with Crippen molar-refractivity contribution < 1.29 is 14.3 Å². The molecule has 0 saturated carbocycles. The predicted octanol–water partition coefficient (Wildman–Crippen LogP) is 3.65. The first-order valence-electron chi connectivity index (χ1n) is 9.61. The number of ether oxygens (including phenoxy) is 1. The Labute approximate surface area is 182 Å². The van der Waals surface area contributed by atoms with Gasteiger partial charge in [0, 0.05) is 23.3 Å². The van der Waals surface area contributed by atoms with E-state index in [2.05, 4.69) is 10.3 Å². The van der Waals surface area contributed by atoms with Crippen LogP contribution in [-0.2, 0) is 17.6 Å². The van der Waals surface area contributed by atoms with Crippen LogP contribution in [0, 0.1) is 0 Å². The molecule has 4 rings (SSSR count). The number of nitrogens with zero attached hydrogens (tertiary/aromatic N) is 2. The lowest BCUT2D eigenvalue weighted by Crippen LogP contribution is -2.19. The molecule has 9 heteroatoms. The molecule has 156 valence electrons. The van der Waals surface area contributed by atoms with Crippen LogP contribution in [0.15, 0.2) is 41.8 Å². The standard InChI is InChI=1S/C21H22N4O3S2/c1-28-14-6-4-5-13(11-14)25-10-9-23-21(25)29-12-17(26)24-20-18(19(22)27)15-7-2-3-8-16(15)30-20/h4-6,9-11H,2-3,7-8,12H2,1H3,(H2,22,27)(H,24,26). The minimum absolute atomic E-state index is 0.168. The monoisotopic (exact) mass is 442 g/mol. The molecule has 7 nitrogen and oxygen atoms in total. The number of imidazole rings is 1. The molecule has 0 atom stereocenters. The number of amides is 2. The van der Waals surface area contributed by atoms with Gasteiger partial charge in [0.15, 0.2) is 5.16 Å². The molecule has 0 aliphatic heterocycles. The molecule has 0 unspecified atom stereocenters. The highest BCUT2D eigenvalue weighted by atomic mass is 32.2. The largest absolute Gasteiger partial charge is 0.497 e. The molecule has 0 spiro atoms. The van der Waals surface area contributed by atoms with Crippen LogP contribution in [0.5, 0.6) is 5.75 Å². The SMILES string of the molecule is COc1cccc(-n2ccnc2SCC(=O)Nc2sc3c(c2C(N)=O)CCCC3)c1. The van der Waals surface area contributed by atoms with Gasteiger partial charge in [-0.2, -0.15) is 0 Å². The minimum atomic E-state index is -0.481. The number of hydrogen-bond donors (Lipinski definition) is 2. The van der Waals surface area contributed by atoms with Crippen LogP contribution in [0.25, 0.3) is 5.69 Å². The Morgan fingerprint density at radius 1 is 1.33 bits per heavy atom. The molecule has 3 N–H and O–H groups in total. The molecule has 2 heterocycles. The number of aryl methyl sites for hydroxylation is 1. The van der Waals surface area contributed by atoms with Crippen LogP contribution in [0.4, 0.5) is 5.00 Å². The Hall–Kier alpha value is -2.78. The van der Waals surface area contributed by atoms with Gasteiger partial charge in [-0.15, -0.1) is 11.3 Å². The number of nitrogens with one attached hydrogen (secondary N) is 1. The van der Waals surface area contributed by atoms with Crippen LogP contribution in [0.1, 0.15) is 33.6 Å². The number of benzene rings is 1. The molecule has 30 heavy (non-hydrogen) atoms. The van der Waals surface area contributed by atoms with Gasteiger partial charge in [-0.05, 0) is 43.4 Å². The van der Waals surface area contributed by atoms with Crippen molar-refractivity contribution in [1.29, 1.82) is 0 Å². The van der Waals surface area contributed by atoms with Gasteiger partial charge in [-0.3, -0.25) is 14.2 Å². The number of rotatable bonds is 7. The number of primary amides is 1. The number of hydrogen-bond acceptors (Lipinski definition) is 6. The summed E-state index contributed by atoms with van der Waals surface area (Å²) in [5, 5.41) is 4.15. The molecule has 1 aromatic carbocycles. The van der Waals surface area contributed by atoms with Gasteiger partial charge >= 0.3 is 0 Å². The van der Waals surface area contributed by atoms with Crippen molar-refractivity contribution in [2.24, 2.45) is 5.73 Å². The Morgan fingerprint density at radius 3 is 2.97 bits per heavy atom. The second-order valence-corrected chi connectivity index (χ2v) is 8.95. The quantitative estimate of drug-likeness (QED) is 0.544. The summed E-state index contributed by atoms with van der Waals surface area (Å²) < 4.78 is 7.18. The molecule has 2 amide bonds. The van der Waals surface area contributed by atoms with E-state index in [9.17, 15) is 9.59 Å². The third-order valence-electron chi connectivity index (χ3n) is 4.94. The third-order valence-corrected chi connectivity index (χ3v) is 7.12. The van der Waals surface area contributed by atoms with E-state index in [0.717, 1.165) is 47.6 Å². The molecule has 1 aliphatic rings. The van der Waals surface area contributed by atoms with Crippen molar-refractivity contribution in [1.82, 2.24) is 9.55 Å². The van der Waals surface area contributed by atoms with Gasteiger partial charge in [-0.25, -0.2) is 4.98 Å². The van der Waals surface area contributed by atoms with Crippen LogP contribution in [0.3, 0.4) is 0 Å². The summed E-state index contributed by atoms with van der Waals surface area (Å²) >= 11 is 2.80. The lowest BCUT2D eigenvalue weighted by atomic mass is 9.95. The van der Waals surface area contributed by atoms with Crippen molar-refractivity contribution in [2.75, 3.05) is 18.2 Å². The molecule has 0 fully saturated rings. The summed E-state index contributed by atoms with van der Waals surface area (Å²) in [5.41, 5.74) is 7.99. The number of carbonyl (C=O) groups is 2. The maximum absolute atomic E-state index is 12.6. The maximum Gasteiger partial charge on any atom is 0.251 e. The molecular weight excluding hydrogens is 420 g/mol. The predicted molar refractivity (Wildman–Crippen MR) is 119 cm³/mol. The first-order chi connectivity index (χ1) is 14.6. The van der Waals surface area contributed by atoms with E-state index in [1.807, 2.05) is 35.0 Å². The van der Waals surface area contributed by atoms with E-state index in [0.29, 0.717) is 15.7 Å². The summed E-state index contributed by atoms with van der Waals surface area (Å²) in [6.07, 6.45) is 7.45. The highest BCUT2D eigenvalue weighted by molar-refractivity contribution is 7.99. The molecule has 0 saturated heterocycles. The van der Waals surface area contributed by atoms with Crippen molar-refractivity contribution in [3.63, 3.8) is 0 Å². The van der Waals surface area contributed by atoms with E-state index in [1.54, 1.807) is 13.3 Å². The maximum atomic E-state index is 12.6. The number of thioether (sulfide) groups is 1. The zero-order chi connectivity index (χ0) is 21.1. The average Bonchev–Trinajstić information content (AvgIpc) is 3.36. The number of aromatic nitrogens is 2. The number of methoxy groups -OCH3 is 1. The Bertz CT molecular complexity index is 1090. The van der Waals surface area contributed by atoms with Crippen LogP contribution in [-0.4, -0.2) is 34.2 Å². The second kappa shape index (κ2) is 8.93. The normalized spacial score (nSPS) is 13.0. The molecular formula is C21H22N4O3S2. The number of carbonyl (C=O) groups excluding carboxylic acids is 2. The lowest BCUT2D eigenvalue weighted by molar-refractivity contribution is -0.113. The molecule has 0 bridgehead atoms. The van der Waals surface area contributed by atoms with E-state index in [1.165, 1.54) is 23.1 Å². The second-order valence-electron chi connectivity index (χ2n) is 6.90. The van der Waals surface area contributed by atoms with E-state index < -0.39 is 5.91 Å². The molecule has 0 radical (unpaired) electrons. The zero-order valence-electron chi connectivity index (χ0n) is 16.5. The number of fused-ring (bicyclic) bond motifs is 1. The highest BCUT2D eigenvalue weighted by Crippen LogP contribution is 2.38. The average molecular weight is 443 g/mol.